The van der Waals surface area contributed by atoms with Crippen LogP contribution < -0.4 is 10.3 Å². The lowest BCUT2D eigenvalue weighted by molar-refractivity contribution is -0.138. The first-order valence-electron chi connectivity index (χ1n) is 4.37. The fourth-order valence-corrected chi connectivity index (χ4v) is 2.37. The van der Waals surface area contributed by atoms with Gasteiger partial charge in [-0.25, -0.2) is 8.42 Å². The van der Waals surface area contributed by atoms with E-state index in [1.807, 2.05) is 4.72 Å². The Labute approximate surface area is 101 Å². The molecule has 9 heteroatoms. The zero-order valence-electron chi connectivity index (χ0n) is 8.60. The van der Waals surface area contributed by atoms with Crippen LogP contribution in [0, 0.1) is 0 Å². The number of nitrogens with one attached hydrogen (secondary N) is 2. The molecule has 0 radical (unpaired) electrons. The van der Waals surface area contributed by atoms with E-state index in [0.29, 0.717) is 0 Å². The Balaban J connectivity index is 3.10. The number of H-pyrrole nitrogens is 1. The molecular formula is C8H9ClN2O5S. The Morgan fingerprint density at radius 2 is 2.18 bits per heavy atom. The van der Waals surface area contributed by atoms with Crippen LogP contribution in [0.2, 0.25) is 5.02 Å². The molecule has 0 aromatic carbocycles. The molecule has 0 aliphatic carbocycles. The quantitative estimate of drug-likeness (QED) is 0.705. The SMILES string of the molecule is CC(NS(=O)(=O)c1c[nH]c(=O)c(Cl)c1)C(=O)O. The van der Waals surface area contributed by atoms with Crippen molar-refractivity contribution in [3.8, 4) is 0 Å². The van der Waals surface area contributed by atoms with E-state index in [4.69, 9.17) is 16.7 Å². The van der Waals surface area contributed by atoms with Crippen LogP contribution in [0.25, 0.3) is 0 Å². The molecule has 0 aliphatic heterocycles. The minimum atomic E-state index is -4.03. The number of aromatic nitrogens is 1. The van der Waals surface area contributed by atoms with E-state index in [1.165, 1.54) is 6.92 Å². The minimum absolute atomic E-state index is 0.296. The van der Waals surface area contributed by atoms with Gasteiger partial charge in [-0.05, 0) is 13.0 Å². The van der Waals surface area contributed by atoms with E-state index >= 15 is 0 Å². The Kier molecular flexibility index (Phi) is 3.91. The summed E-state index contributed by atoms with van der Waals surface area (Å²) in [7, 11) is -4.03. The van der Waals surface area contributed by atoms with Crippen molar-refractivity contribution in [3.05, 3.63) is 27.6 Å². The van der Waals surface area contributed by atoms with Crippen LogP contribution in [0.15, 0.2) is 22.0 Å². The second-order valence-corrected chi connectivity index (χ2v) is 5.31. The van der Waals surface area contributed by atoms with Gasteiger partial charge in [0, 0.05) is 6.20 Å². The van der Waals surface area contributed by atoms with Crippen LogP contribution in [0.4, 0.5) is 0 Å². The van der Waals surface area contributed by atoms with Crippen LogP contribution in [0.5, 0.6) is 0 Å². The van der Waals surface area contributed by atoms with Gasteiger partial charge in [0.05, 0.1) is 4.90 Å². The third kappa shape index (κ3) is 3.29. The number of hydrogen-bond donors (Lipinski definition) is 3. The number of rotatable bonds is 4. The number of aliphatic carboxylic acids is 1. The maximum Gasteiger partial charge on any atom is 0.321 e. The molecule has 1 rings (SSSR count). The number of carbonyl (C=O) groups is 1. The summed E-state index contributed by atoms with van der Waals surface area (Å²) in [5, 5.41) is 8.28. The first-order chi connectivity index (χ1) is 7.74. The van der Waals surface area contributed by atoms with Crippen LogP contribution in [-0.4, -0.2) is 30.5 Å². The number of halogens is 1. The van der Waals surface area contributed by atoms with Crippen molar-refractivity contribution in [3.63, 3.8) is 0 Å². The van der Waals surface area contributed by atoms with Gasteiger partial charge in [-0.15, -0.1) is 0 Å². The minimum Gasteiger partial charge on any atom is -0.480 e. The lowest BCUT2D eigenvalue weighted by atomic mass is 10.4. The molecule has 0 fully saturated rings. The molecule has 3 N–H and O–H groups in total. The predicted octanol–water partition coefficient (Wildman–Crippen LogP) is -0.220. The van der Waals surface area contributed by atoms with Crippen molar-refractivity contribution in [1.82, 2.24) is 9.71 Å². The highest BCUT2D eigenvalue weighted by atomic mass is 35.5. The summed E-state index contributed by atoms with van der Waals surface area (Å²) >= 11 is 5.47. The Morgan fingerprint density at radius 1 is 1.59 bits per heavy atom. The number of carboxylic acids is 1. The highest BCUT2D eigenvalue weighted by Crippen LogP contribution is 2.10. The maximum atomic E-state index is 11.7. The van der Waals surface area contributed by atoms with E-state index in [0.717, 1.165) is 12.3 Å². The second kappa shape index (κ2) is 4.86. The van der Waals surface area contributed by atoms with Crippen molar-refractivity contribution in [1.29, 1.82) is 0 Å². The highest BCUT2D eigenvalue weighted by Gasteiger charge is 2.22. The monoisotopic (exact) mass is 280 g/mol. The Hall–Kier alpha value is -1.38. The summed E-state index contributed by atoms with van der Waals surface area (Å²) in [4.78, 5) is 23.3. The molecule has 1 heterocycles. The van der Waals surface area contributed by atoms with Crippen molar-refractivity contribution in [2.45, 2.75) is 17.9 Å². The van der Waals surface area contributed by atoms with Gasteiger partial charge < -0.3 is 10.1 Å². The van der Waals surface area contributed by atoms with Gasteiger partial charge in [0.25, 0.3) is 5.56 Å². The van der Waals surface area contributed by atoms with E-state index in [-0.39, 0.29) is 9.92 Å². The number of sulfonamides is 1. The van der Waals surface area contributed by atoms with E-state index in [9.17, 15) is 18.0 Å². The first kappa shape index (κ1) is 13.7. The average molecular weight is 281 g/mol. The molecule has 1 aromatic rings. The normalized spacial score (nSPS) is 13.3. The van der Waals surface area contributed by atoms with Crippen LogP contribution in [-0.2, 0) is 14.8 Å². The van der Waals surface area contributed by atoms with E-state index < -0.39 is 27.6 Å². The number of pyridine rings is 1. The van der Waals surface area contributed by atoms with Crippen molar-refractivity contribution in [2.24, 2.45) is 0 Å². The van der Waals surface area contributed by atoms with Gasteiger partial charge in [0.1, 0.15) is 11.1 Å². The van der Waals surface area contributed by atoms with Crippen LogP contribution in [0.3, 0.4) is 0 Å². The van der Waals surface area contributed by atoms with E-state index in [1.54, 1.807) is 0 Å². The van der Waals surface area contributed by atoms with Crippen molar-refractivity contribution in [2.75, 3.05) is 0 Å². The predicted molar refractivity (Wildman–Crippen MR) is 59.5 cm³/mol. The summed E-state index contributed by atoms with van der Waals surface area (Å²) in [6, 6.07) is -0.345. The van der Waals surface area contributed by atoms with Gasteiger partial charge in [-0.2, -0.15) is 4.72 Å². The largest absolute Gasteiger partial charge is 0.480 e. The molecule has 0 aliphatic rings. The Bertz CT molecular complexity index is 594. The summed E-state index contributed by atoms with van der Waals surface area (Å²) in [6.45, 7) is 1.17. The molecule has 0 spiro atoms. The molecule has 94 valence electrons. The van der Waals surface area contributed by atoms with Gasteiger partial charge >= 0.3 is 5.97 Å². The van der Waals surface area contributed by atoms with Gasteiger partial charge in [0.15, 0.2) is 0 Å². The molecule has 7 nitrogen and oxygen atoms in total. The van der Waals surface area contributed by atoms with Gasteiger partial charge in [-0.3, -0.25) is 9.59 Å². The maximum absolute atomic E-state index is 11.7. The fourth-order valence-electron chi connectivity index (χ4n) is 0.944. The molecule has 1 aromatic heterocycles. The topological polar surface area (TPSA) is 116 Å². The number of aromatic amines is 1. The summed E-state index contributed by atoms with van der Waals surface area (Å²) in [5.74, 6) is -1.32. The van der Waals surface area contributed by atoms with Gasteiger partial charge in [-0.1, -0.05) is 11.6 Å². The molecule has 0 bridgehead atoms. The van der Waals surface area contributed by atoms with Crippen LogP contribution in [0.1, 0.15) is 6.92 Å². The average Bonchev–Trinajstić information content (AvgIpc) is 2.21. The third-order valence-electron chi connectivity index (χ3n) is 1.84. The smallest absolute Gasteiger partial charge is 0.321 e. The molecular weight excluding hydrogens is 272 g/mol. The van der Waals surface area contributed by atoms with Crippen molar-refractivity contribution < 1.29 is 18.3 Å². The van der Waals surface area contributed by atoms with Crippen LogP contribution >= 0.6 is 11.6 Å². The zero-order valence-corrected chi connectivity index (χ0v) is 10.2. The highest BCUT2D eigenvalue weighted by molar-refractivity contribution is 7.89. The van der Waals surface area contributed by atoms with Crippen molar-refractivity contribution >= 4 is 27.6 Å². The molecule has 1 unspecified atom stereocenters. The Morgan fingerprint density at radius 3 is 2.65 bits per heavy atom. The standard InChI is InChI=1S/C8H9ClN2O5S/c1-4(8(13)14)11-17(15,16)5-2-6(9)7(12)10-3-5/h2-4,11H,1H3,(H,10,12)(H,13,14). The number of hydrogen-bond acceptors (Lipinski definition) is 4. The first-order valence-corrected chi connectivity index (χ1v) is 6.23. The zero-order chi connectivity index (χ0) is 13.2. The lowest BCUT2D eigenvalue weighted by Gasteiger charge is -2.09. The molecule has 0 amide bonds. The lowest BCUT2D eigenvalue weighted by Crippen LogP contribution is -2.38. The van der Waals surface area contributed by atoms with Gasteiger partial charge in [0.2, 0.25) is 10.0 Å². The molecule has 1 atom stereocenters. The summed E-state index contributed by atoms with van der Waals surface area (Å²) < 4.78 is 25.2. The molecule has 0 saturated carbocycles. The van der Waals surface area contributed by atoms with E-state index in [2.05, 4.69) is 4.98 Å². The molecule has 0 saturated heterocycles. The summed E-state index contributed by atoms with van der Waals surface area (Å²) in [5.41, 5.74) is -0.628. The molecule has 17 heavy (non-hydrogen) atoms. The second-order valence-electron chi connectivity index (χ2n) is 3.19. The summed E-state index contributed by atoms with van der Waals surface area (Å²) in [6.07, 6.45) is 0.936. The fraction of sp³-hybridized carbons (Fsp3) is 0.250. The third-order valence-corrected chi connectivity index (χ3v) is 3.64. The number of carboxylic acid groups (broad SMARTS) is 1.